The number of rotatable bonds is 5. The number of nitrogens with one attached hydrogen (secondary N) is 1. The van der Waals surface area contributed by atoms with Crippen LogP contribution >= 0.6 is 0 Å². The molecule has 7 heteroatoms. The molecule has 0 radical (unpaired) electrons. The molecule has 2 amide bonds. The van der Waals surface area contributed by atoms with E-state index in [4.69, 9.17) is 4.74 Å². The van der Waals surface area contributed by atoms with Crippen LogP contribution in [0.3, 0.4) is 0 Å². The summed E-state index contributed by atoms with van der Waals surface area (Å²) in [4.78, 5) is 27.9. The lowest BCUT2D eigenvalue weighted by atomic mass is 10.2. The standard InChI is InChI=1S/C18H24FN3O3/c19-14-2-4-15(5-3-14)25-13-12-21-8-1-9-22(11-10-21)18(24)16-6-7-17(23)20-16/h2-5,16H,1,6-13H2,(H,20,23). The summed E-state index contributed by atoms with van der Waals surface area (Å²) in [5, 5.41) is 2.75. The summed E-state index contributed by atoms with van der Waals surface area (Å²) in [6.07, 6.45) is 1.95. The fourth-order valence-electron chi connectivity index (χ4n) is 3.26. The van der Waals surface area contributed by atoms with E-state index in [2.05, 4.69) is 10.2 Å². The normalized spacial score (nSPS) is 21.7. The summed E-state index contributed by atoms with van der Waals surface area (Å²) >= 11 is 0. The van der Waals surface area contributed by atoms with E-state index < -0.39 is 0 Å². The van der Waals surface area contributed by atoms with Crippen LogP contribution in [0.5, 0.6) is 5.75 Å². The van der Waals surface area contributed by atoms with Crippen molar-refractivity contribution in [3.63, 3.8) is 0 Å². The summed E-state index contributed by atoms with van der Waals surface area (Å²) in [6.45, 7) is 4.38. The van der Waals surface area contributed by atoms with Gasteiger partial charge in [-0.1, -0.05) is 0 Å². The molecule has 6 nitrogen and oxygen atoms in total. The van der Waals surface area contributed by atoms with E-state index in [9.17, 15) is 14.0 Å². The number of halogens is 1. The van der Waals surface area contributed by atoms with Gasteiger partial charge in [-0.25, -0.2) is 4.39 Å². The molecule has 2 aliphatic heterocycles. The van der Waals surface area contributed by atoms with Crippen molar-refractivity contribution in [2.75, 3.05) is 39.3 Å². The van der Waals surface area contributed by atoms with Crippen LogP contribution in [-0.4, -0.2) is 67.0 Å². The highest BCUT2D eigenvalue weighted by Crippen LogP contribution is 2.13. The lowest BCUT2D eigenvalue weighted by Gasteiger charge is -2.24. The minimum Gasteiger partial charge on any atom is -0.492 e. The zero-order valence-electron chi connectivity index (χ0n) is 14.2. The van der Waals surface area contributed by atoms with Gasteiger partial charge in [-0.15, -0.1) is 0 Å². The second kappa shape index (κ2) is 8.29. The minimum absolute atomic E-state index is 0.0345. The topological polar surface area (TPSA) is 61.9 Å². The fourth-order valence-corrected chi connectivity index (χ4v) is 3.26. The molecule has 3 rings (SSSR count). The summed E-state index contributed by atoms with van der Waals surface area (Å²) in [6, 6.07) is 5.65. The van der Waals surface area contributed by atoms with Crippen molar-refractivity contribution in [3.05, 3.63) is 30.1 Å². The first-order valence-corrected chi connectivity index (χ1v) is 8.81. The predicted molar refractivity (Wildman–Crippen MR) is 90.7 cm³/mol. The van der Waals surface area contributed by atoms with Gasteiger partial charge in [0, 0.05) is 39.1 Å². The third-order valence-electron chi connectivity index (χ3n) is 4.68. The third kappa shape index (κ3) is 4.92. The Balaban J connectivity index is 1.41. The van der Waals surface area contributed by atoms with Gasteiger partial charge >= 0.3 is 0 Å². The second-order valence-electron chi connectivity index (χ2n) is 6.48. The molecular weight excluding hydrogens is 325 g/mol. The minimum atomic E-state index is -0.346. The van der Waals surface area contributed by atoms with E-state index in [-0.39, 0.29) is 23.7 Å². The molecule has 2 saturated heterocycles. The highest BCUT2D eigenvalue weighted by atomic mass is 19.1. The van der Waals surface area contributed by atoms with Crippen LogP contribution in [0, 0.1) is 5.82 Å². The zero-order valence-corrected chi connectivity index (χ0v) is 14.2. The number of amides is 2. The van der Waals surface area contributed by atoms with E-state index in [1.165, 1.54) is 12.1 Å². The summed E-state index contributed by atoms with van der Waals surface area (Å²) < 4.78 is 18.5. The van der Waals surface area contributed by atoms with Crippen molar-refractivity contribution >= 4 is 11.8 Å². The zero-order chi connectivity index (χ0) is 17.6. The molecule has 2 heterocycles. The molecular formula is C18H24FN3O3. The first-order valence-electron chi connectivity index (χ1n) is 8.81. The first kappa shape index (κ1) is 17.7. The van der Waals surface area contributed by atoms with Crippen molar-refractivity contribution in [1.29, 1.82) is 0 Å². The molecule has 1 N–H and O–H groups in total. The highest BCUT2D eigenvalue weighted by Gasteiger charge is 2.31. The molecule has 0 aliphatic carbocycles. The molecule has 1 atom stereocenters. The SMILES string of the molecule is O=C1CCC(C(=O)N2CCCN(CCOc3ccc(F)cc3)CC2)N1. The lowest BCUT2D eigenvalue weighted by Crippen LogP contribution is -2.46. The van der Waals surface area contributed by atoms with Crippen LogP contribution < -0.4 is 10.1 Å². The number of nitrogens with zero attached hydrogens (tertiary/aromatic N) is 2. The van der Waals surface area contributed by atoms with Crippen molar-refractivity contribution in [3.8, 4) is 5.75 Å². The van der Waals surface area contributed by atoms with E-state index in [1.807, 2.05) is 4.90 Å². The summed E-state index contributed by atoms with van der Waals surface area (Å²) in [5.74, 6) is 0.385. The molecule has 136 valence electrons. The van der Waals surface area contributed by atoms with Gasteiger partial charge in [-0.2, -0.15) is 0 Å². The average Bonchev–Trinajstić information content (AvgIpc) is 2.90. The first-order chi connectivity index (χ1) is 12.1. The largest absolute Gasteiger partial charge is 0.492 e. The maximum absolute atomic E-state index is 12.9. The van der Waals surface area contributed by atoms with Crippen molar-refractivity contribution in [1.82, 2.24) is 15.1 Å². The number of benzene rings is 1. The average molecular weight is 349 g/mol. The number of carbonyl (C=O) groups excluding carboxylic acids is 2. The van der Waals surface area contributed by atoms with Crippen LogP contribution in [0.2, 0.25) is 0 Å². The lowest BCUT2D eigenvalue weighted by molar-refractivity contribution is -0.134. The molecule has 0 saturated carbocycles. The number of hydrogen-bond donors (Lipinski definition) is 1. The second-order valence-corrected chi connectivity index (χ2v) is 6.48. The summed E-state index contributed by atoms with van der Waals surface area (Å²) in [7, 11) is 0. The Morgan fingerprint density at radius 3 is 2.72 bits per heavy atom. The van der Waals surface area contributed by atoms with E-state index in [0.29, 0.717) is 31.7 Å². The number of hydrogen-bond acceptors (Lipinski definition) is 4. The van der Waals surface area contributed by atoms with Gasteiger partial charge in [0.05, 0.1) is 0 Å². The Kier molecular flexibility index (Phi) is 5.86. The Labute approximate surface area is 146 Å². The van der Waals surface area contributed by atoms with E-state index in [1.54, 1.807) is 12.1 Å². The maximum atomic E-state index is 12.9. The van der Waals surface area contributed by atoms with Crippen molar-refractivity contribution in [2.24, 2.45) is 0 Å². The van der Waals surface area contributed by atoms with Crippen LogP contribution in [-0.2, 0) is 9.59 Å². The van der Waals surface area contributed by atoms with E-state index in [0.717, 1.165) is 32.6 Å². The number of ether oxygens (including phenoxy) is 1. The molecule has 2 fully saturated rings. The van der Waals surface area contributed by atoms with Crippen LogP contribution in [0.1, 0.15) is 19.3 Å². The number of carbonyl (C=O) groups is 2. The Hall–Kier alpha value is -2.15. The van der Waals surface area contributed by atoms with Gasteiger partial charge in [0.1, 0.15) is 24.2 Å². The third-order valence-corrected chi connectivity index (χ3v) is 4.68. The van der Waals surface area contributed by atoms with Crippen LogP contribution in [0.4, 0.5) is 4.39 Å². The van der Waals surface area contributed by atoms with E-state index >= 15 is 0 Å². The van der Waals surface area contributed by atoms with Gasteiger partial charge in [0.25, 0.3) is 0 Å². The molecule has 2 aliphatic rings. The molecule has 1 aromatic rings. The maximum Gasteiger partial charge on any atom is 0.245 e. The smallest absolute Gasteiger partial charge is 0.245 e. The van der Waals surface area contributed by atoms with Crippen LogP contribution in [0.25, 0.3) is 0 Å². The van der Waals surface area contributed by atoms with Gasteiger partial charge in [0.15, 0.2) is 0 Å². The van der Waals surface area contributed by atoms with Gasteiger partial charge in [0.2, 0.25) is 11.8 Å². The molecule has 1 aromatic carbocycles. The van der Waals surface area contributed by atoms with Gasteiger partial charge in [-0.05, 0) is 37.1 Å². The fraction of sp³-hybridized carbons (Fsp3) is 0.556. The van der Waals surface area contributed by atoms with Gasteiger partial charge < -0.3 is 15.0 Å². The van der Waals surface area contributed by atoms with Gasteiger partial charge in [-0.3, -0.25) is 14.5 Å². The van der Waals surface area contributed by atoms with Crippen LogP contribution in [0.15, 0.2) is 24.3 Å². The van der Waals surface area contributed by atoms with Crippen molar-refractivity contribution in [2.45, 2.75) is 25.3 Å². The van der Waals surface area contributed by atoms with Crippen molar-refractivity contribution < 1.29 is 18.7 Å². The predicted octanol–water partition coefficient (Wildman–Crippen LogP) is 1.02. The monoisotopic (exact) mass is 349 g/mol. The quantitative estimate of drug-likeness (QED) is 0.862. The molecule has 0 spiro atoms. The summed E-state index contributed by atoms with van der Waals surface area (Å²) in [5.41, 5.74) is 0. The molecule has 25 heavy (non-hydrogen) atoms. The Bertz CT molecular complexity index is 608. The molecule has 0 aromatic heterocycles. The highest BCUT2D eigenvalue weighted by molar-refractivity contribution is 5.90. The Morgan fingerprint density at radius 2 is 2.00 bits per heavy atom. The Morgan fingerprint density at radius 1 is 1.20 bits per heavy atom. The molecule has 0 bridgehead atoms. The molecule has 1 unspecified atom stereocenters.